The largest absolute Gasteiger partial charge is 0.496 e. The number of aromatic nitrogens is 1. The van der Waals surface area contributed by atoms with Crippen molar-refractivity contribution in [3.05, 3.63) is 87.3 Å². The molecule has 3 aromatic rings. The summed E-state index contributed by atoms with van der Waals surface area (Å²) in [5, 5.41) is 0. The summed E-state index contributed by atoms with van der Waals surface area (Å²) in [5.74, 6) is 0.819. The minimum Gasteiger partial charge on any atom is -0.496 e. The third-order valence-corrected chi connectivity index (χ3v) is 4.18. The van der Waals surface area contributed by atoms with Crippen LogP contribution in [-0.2, 0) is 0 Å². The first-order valence-electron chi connectivity index (χ1n) is 8.19. The van der Waals surface area contributed by atoms with Gasteiger partial charge in [0.15, 0.2) is 5.43 Å². The molecule has 0 radical (unpaired) electrons. The Hall–Kier alpha value is -3.07. The molecule has 0 aliphatic carbocycles. The van der Waals surface area contributed by atoms with Crippen LogP contribution < -0.4 is 10.2 Å². The van der Waals surface area contributed by atoms with Crippen molar-refractivity contribution in [2.45, 2.75) is 13.8 Å². The molecule has 0 fully saturated rings. The molecule has 0 bridgehead atoms. The van der Waals surface area contributed by atoms with Crippen LogP contribution >= 0.6 is 0 Å². The second kappa shape index (κ2) is 7.22. The Morgan fingerprint density at radius 3 is 2.44 bits per heavy atom. The highest BCUT2D eigenvalue weighted by atomic mass is 16.5. The molecule has 3 heteroatoms. The maximum absolute atomic E-state index is 12.1. The van der Waals surface area contributed by atoms with Crippen LogP contribution in [0.5, 0.6) is 5.75 Å². The van der Waals surface area contributed by atoms with E-state index in [1.165, 1.54) is 11.6 Å². The van der Waals surface area contributed by atoms with Crippen LogP contribution in [-0.4, -0.2) is 12.1 Å². The van der Waals surface area contributed by atoms with Gasteiger partial charge in [0.1, 0.15) is 5.75 Å². The number of methoxy groups -OCH3 is 1. The van der Waals surface area contributed by atoms with Crippen molar-refractivity contribution >= 4 is 12.2 Å². The minimum absolute atomic E-state index is 0.00298. The average molecular weight is 331 g/mol. The van der Waals surface area contributed by atoms with Gasteiger partial charge in [-0.05, 0) is 42.7 Å². The topological polar surface area (TPSA) is 42.1 Å². The predicted octanol–water partition coefficient (Wildman–Crippen LogP) is 4.84. The fourth-order valence-corrected chi connectivity index (χ4v) is 2.86. The quantitative estimate of drug-likeness (QED) is 0.695. The lowest BCUT2D eigenvalue weighted by Gasteiger charge is -2.12. The van der Waals surface area contributed by atoms with Crippen molar-refractivity contribution in [3.63, 3.8) is 0 Å². The maximum Gasteiger partial charge on any atom is 0.189 e. The number of pyridine rings is 1. The average Bonchev–Trinajstić information content (AvgIpc) is 2.61. The molecule has 2 aromatic carbocycles. The van der Waals surface area contributed by atoms with Gasteiger partial charge in [-0.1, -0.05) is 42.0 Å². The molecule has 0 aliphatic rings. The van der Waals surface area contributed by atoms with Gasteiger partial charge in [0.2, 0.25) is 0 Å². The van der Waals surface area contributed by atoms with Gasteiger partial charge in [0.05, 0.1) is 7.11 Å². The van der Waals surface area contributed by atoms with Crippen molar-refractivity contribution in [1.82, 2.24) is 4.98 Å². The Balaban J connectivity index is 2.07. The molecular weight excluding hydrogens is 310 g/mol. The zero-order valence-electron chi connectivity index (χ0n) is 14.7. The smallest absolute Gasteiger partial charge is 0.189 e. The zero-order valence-corrected chi connectivity index (χ0v) is 14.7. The van der Waals surface area contributed by atoms with Crippen LogP contribution in [0.1, 0.15) is 22.3 Å². The van der Waals surface area contributed by atoms with Crippen molar-refractivity contribution in [1.29, 1.82) is 0 Å². The summed E-state index contributed by atoms with van der Waals surface area (Å²) in [7, 11) is 1.67. The number of hydrogen-bond acceptors (Lipinski definition) is 2. The van der Waals surface area contributed by atoms with E-state index in [0.717, 1.165) is 28.0 Å². The van der Waals surface area contributed by atoms with Gasteiger partial charge < -0.3 is 9.72 Å². The van der Waals surface area contributed by atoms with E-state index in [1.54, 1.807) is 19.5 Å². The summed E-state index contributed by atoms with van der Waals surface area (Å²) >= 11 is 0. The van der Waals surface area contributed by atoms with E-state index >= 15 is 0 Å². The van der Waals surface area contributed by atoms with E-state index in [0.29, 0.717) is 5.56 Å². The van der Waals surface area contributed by atoms with Crippen LogP contribution in [0.2, 0.25) is 0 Å². The van der Waals surface area contributed by atoms with Crippen molar-refractivity contribution < 1.29 is 4.74 Å². The Kier molecular flexibility index (Phi) is 4.85. The first-order chi connectivity index (χ1) is 12.1. The van der Waals surface area contributed by atoms with Crippen LogP contribution in [0.3, 0.4) is 0 Å². The highest BCUT2D eigenvalue weighted by Gasteiger charge is 2.10. The van der Waals surface area contributed by atoms with Crippen LogP contribution in [0.4, 0.5) is 0 Å². The molecule has 0 unspecified atom stereocenters. The highest BCUT2D eigenvalue weighted by Crippen LogP contribution is 2.30. The third-order valence-electron chi connectivity index (χ3n) is 4.18. The van der Waals surface area contributed by atoms with Gasteiger partial charge in [-0.25, -0.2) is 0 Å². The van der Waals surface area contributed by atoms with Gasteiger partial charge in [0.25, 0.3) is 0 Å². The minimum atomic E-state index is -0.00298. The van der Waals surface area contributed by atoms with Gasteiger partial charge in [-0.2, -0.15) is 0 Å². The monoisotopic (exact) mass is 331 g/mol. The summed E-state index contributed by atoms with van der Waals surface area (Å²) < 4.78 is 5.57. The first kappa shape index (κ1) is 16.8. The molecule has 1 N–H and O–H groups in total. The SMILES string of the molecule is COc1c(C)cc(-c2c[nH]ccc2=O)cc1/C=C/c1ccc(C)cc1. The number of aromatic amines is 1. The molecule has 0 amide bonds. The molecule has 0 saturated heterocycles. The van der Waals surface area contributed by atoms with Gasteiger partial charge in [-0.3, -0.25) is 4.79 Å². The Morgan fingerprint density at radius 1 is 1.00 bits per heavy atom. The Bertz CT molecular complexity index is 966. The molecule has 0 aliphatic heterocycles. The number of nitrogens with one attached hydrogen (secondary N) is 1. The molecular formula is C22H21NO2. The number of hydrogen-bond donors (Lipinski definition) is 1. The van der Waals surface area contributed by atoms with Crippen LogP contribution in [0.25, 0.3) is 23.3 Å². The Labute approximate surface area is 147 Å². The summed E-state index contributed by atoms with van der Waals surface area (Å²) in [5.41, 5.74) is 5.82. The molecule has 3 rings (SSSR count). The van der Waals surface area contributed by atoms with Crippen LogP contribution in [0, 0.1) is 13.8 Å². The van der Waals surface area contributed by atoms with Crippen LogP contribution in [0.15, 0.2) is 59.7 Å². The molecule has 25 heavy (non-hydrogen) atoms. The highest BCUT2D eigenvalue weighted by molar-refractivity contribution is 5.78. The lowest BCUT2D eigenvalue weighted by molar-refractivity contribution is 0.411. The van der Waals surface area contributed by atoms with Gasteiger partial charge in [-0.15, -0.1) is 0 Å². The van der Waals surface area contributed by atoms with Crippen molar-refractivity contribution in [2.24, 2.45) is 0 Å². The van der Waals surface area contributed by atoms with E-state index < -0.39 is 0 Å². The number of aryl methyl sites for hydroxylation is 2. The molecule has 126 valence electrons. The number of H-pyrrole nitrogens is 1. The number of rotatable bonds is 4. The molecule has 1 aromatic heterocycles. The Morgan fingerprint density at radius 2 is 1.76 bits per heavy atom. The van der Waals surface area contributed by atoms with E-state index in [4.69, 9.17) is 4.74 Å². The standard InChI is InChI=1S/C22H21NO2/c1-15-4-6-17(7-5-15)8-9-18-13-19(12-16(2)22(18)25-3)20-14-23-11-10-21(20)24/h4-14H,1-3H3,(H,23,24)/b9-8+. The second-order valence-electron chi connectivity index (χ2n) is 6.08. The molecule has 1 heterocycles. The predicted molar refractivity (Wildman–Crippen MR) is 104 cm³/mol. The lowest BCUT2D eigenvalue weighted by Crippen LogP contribution is -2.03. The van der Waals surface area contributed by atoms with Crippen molar-refractivity contribution in [2.75, 3.05) is 7.11 Å². The fourth-order valence-electron chi connectivity index (χ4n) is 2.86. The molecule has 3 nitrogen and oxygen atoms in total. The fraction of sp³-hybridized carbons (Fsp3) is 0.136. The van der Waals surface area contributed by atoms with Crippen molar-refractivity contribution in [3.8, 4) is 16.9 Å². The number of ether oxygens (including phenoxy) is 1. The number of benzene rings is 2. The van der Waals surface area contributed by atoms with Gasteiger partial charge >= 0.3 is 0 Å². The van der Waals surface area contributed by atoms with Gasteiger partial charge in [0, 0.05) is 29.6 Å². The molecule has 0 atom stereocenters. The zero-order chi connectivity index (χ0) is 17.8. The maximum atomic E-state index is 12.1. The first-order valence-corrected chi connectivity index (χ1v) is 8.19. The van der Waals surface area contributed by atoms with E-state index in [-0.39, 0.29) is 5.43 Å². The van der Waals surface area contributed by atoms with E-state index in [2.05, 4.69) is 42.2 Å². The normalized spacial score (nSPS) is 11.0. The summed E-state index contributed by atoms with van der Waals surface area (Å²) in [6.07, 6.45) is 7.45. The molecule has 0 saturated carbocycles. The summed E-state index contributed by atoms with van der Waals surface area (Å²) in [6, 6.07) is 13.8. The molecule has 0 spiro atoms. The lowest BCUT2D eigenvalue weighted by atomic mass is 9.99. The third kappa shape index (κ3) is 3.72. The second-order valence-corrected chi connectivity index (χ2v) is 6.08. The van der Waals surface area contributed by atoms with E-state index in [1.807, 2.05) is 25.1 Å². The van der Waals surface area contributed by atoms with E-state index in [9.17, 15) is 4.79 Å². The summed E-state index contributed by atoms with van der Waals surface area (Å²) in [6.45, 7) is 4.06. The summed E-state index contributed by atoms with van der Waals surface area (Å²) in [4.78, 5) is 15.1.